The van der Waals surface area contributed by atoms with Crippen LogP contribution in [0.1, 0.15) is 27.9 Å². The van der Waals surface area contributed by atoms with E-state index in [1.54, 1.807) is 6.92 Å². The summed E-state index contributed by atoms with van der Waals surface area (Å²) < 4.78 is 29.6. The zero-order chi connectivity index (χ0) is 13.0. The maximum atomic E-state index is 12.2. The first-order chi connectivity index (χ1) is 7.95. The summed E-state index contributed by atoms with van der Waals surface area (Å²) in [5.74, 6) is -2.28. The van der Waals surface area contributed by atoms with Crippen LogP contribution in [-0.4, -0.2) is 39.9 Å². The number of carboxylic acids is 1. The van der Waals surface area contributed by atoms with Crippen LogP contribution >= 0.6 is 0 Å². The number of rotatable bonds is 5. The first-order valence-corrected chi connectivity index (χ1v) is 4.72. The third-order valence-corrected chi connectivity index (χ3v) is 1.79. The Morgan fingerprint density at radius 1 is 1.59 bits per heavy atom. The van der Waals surface area contributed by atoms with Gasteiger partial charge in [0.15, 0.2) is 5.69 Å². The standard InChI is InChI=1S/C9H10F2N2O4/c1-2-17-9(16)6-3-5(8(14)15)12-13(6)4-7(10)11/h3,7H,2,4H2,1H3,(H,14,15). The van der Waals surface area contributed by atoms with Crippen LogP contribution in [0.25, 0.3) is 0 Å². The van der Waals surface area contributed by atoms with E-state index in [1.807, 2.05) is 0 Å². The first kappa shape index (κ1) is 13.1. The molecule has 6 nitrogen and oxygen atoms in total. The van der Waals surface area contributed by atoms with Gasteiger partial charge >= 0.3 is 11.9 Å². The zero-order valence-corrected chi connectivity index (χ0v) is 8.89. The van der Waals surface area contributed by atoms with Crippen LogP contribution in [0.2, 0.25) is 0 Å². The minimum atomic E-state index is -2.75. The van der Waals surface area contributed by atoms with Crippen LogP contribution < -0.4 is 0 Å². The van der Waals surface area contributed by atoms with Gasteiger partial charge < -0.3 is 9.84 Å². The highest BCUT2D eigenvalue weighted by Gasteiger charge is 2.21. The number of hydrogen-bond donors (Lipinski definition) is 1. The van der Waals surface area contributed by atoms with E-state index < -0.39 is 30.6 Å². The number of alkyl halides is 2. The van der Waals surface area contributed by atoms with Gasteiger partial charge in [-0.1, -0.05) is 0 Å². The molecule has 1 heterocycles. The molecule has 0 atom stereocenters. The second-order valence-corrected chi connectivity index (χ2v) is 3.01. The van der Waals surface area contributed by atoms with Crippen molar-refractivity contribution >= 4 is 11.9 Å². The summed E-state index contributed by atoms with van der Waals surface area (Å²) in [7, 11) is 0. The summed E-state index contributed by atoms with van der Waals surface area (Å²) in [6.45, 7) is 0.742. The fourth-order valence-corrected chi connectivity index (χ4v) is 1.16. The molecule has 0 aliphatic rings. The second-order valence-electron chi connectivity index (χ2n) is 3.01. The topological polar surface area (TPSA) is 81.4 Å². The van der Waals surface area contributed by atoms with Crippen molar-refractivity contribution in [3.05, 3.63) is 17.5 Å². The average molecular weight is 248 g/mol. The van der Waals surface area contributed by atoms with Gasteiger partial charge in [0.05, 0.1) is 6.61 Å². The molecule has 1 aromatic rings. The fraction of sp³-hybridized carbons (Fsp3) is 0.444. The Labute approximate surface area is 94.8 Å². The minimum Gasteiger partial charge on any atom is -0.476 e. The van der Waals surface area contributed by atoms with E-state index in [9.17, 15) is 18.4 Å². The van der Waals surface area contributed by atoms with Crippen LogP contribution in [-0.2, 0) is 11.3 Å². The summed E-state index contributed by atoms with van der Waals surface area (Å²) in [5, 5.41) is 12.0. The number of ether oxygens (including phenoxy) is 1. The third-order valence-electron chi connectivity index (χ3n) is 1.79. The third kappa shape index (κ3) is 3.23. The number of carbonyl (C=O) groups excluding carboxylic acids is 1. The number of carboxylic acid groups (broad SMARTS) is 1. The van der Waals surface area contributed by atoms with Gasteiger partial charge in [0.25, 0.3) is 6.43 Å². The summed E-state index contributed by atoms with van der Waals surface area (Å²) in [4.78, 5) is 22.0. The van der Waals surface area contributed by atoms with E-state index in [0.717, 1.165) is 6.07 Å². The smallest absolute Gasteiger partial charge is 0.356 e. The van der Waals surface area contributed by atoms with E-state index in [2.05, 4.69) is 9.84 Å². The highest BCUT2D eigenvalue weighted by atomic mass is 19.3. The minimum absolute atomic E-state index is 0.0566. The predicted octanol–water partition coefficient (Wildman–Crippen LogP) is 1.02. The lowest BCUT2D eigenvalue weighted by molar-refractivity contribution is 0.0501. The molecule has 0 unspecified atom stereocenters. The molecule has 0 aliphatic heterocycles. The SMILES string of the molecule is CCOC(=O)c1cc(C(=O)O)nn1CC(F)F. The molecular weight excluding hydrogens is 238 g/mol. The fourth-order valence-electron chi connectivity index (χ4n) is 1.16. The van der Waals surface area contributed by atoms with Gasteiger partial charge in [-0.3, -0.25) is 4.68 Å². The normalized spacial score (nSPS) is 10.6. The van der Waals surface area contributed by atoms with Gasteiger partial charge in [-0.25, -0.2) is 18.4 Å². The van der Waals surface area contributed by atoms with Crippen molar-refractivity contribution in [1.29, 1.82) is 0 Å². The molecule has 1 aromatic heterocycles. The van der Waals surface area contributed by atoms with Crippen molar-refractivity contribution in [1.82, 2.24) is 9.78 Å². The molecule has 0 saturated carbocycles. The highest BCUT2D eigenvalue weighted by Crippen LogP contribution is 2.09. The number of aromatic carboxylic acids is 1. The number of carbonyl (C=O) groups is 2. The predicted molar refractivity (Wildman–Crippen MR) is 51.1 cm³/mol. The van der Waals surface area contributed by atoms with Crippen molar-refractivity contribution in [2.75, 3.05) is 6.61 Å². The number of esters is 1. The second kappa shape index (κ2) is 5.37. The molecule has 0 radical (unpaired) electrons. The van der Waals surface area contributed by atoms with Gasteiger partial charge in [-0.2, -0.15) is 5.10 Å². The van der Waals surface area contributed by atoms with Crippen molar-refractivity contribution < 1.29 is 28.2 Å². The molecular formula is C9H10F2N2O4. The van der Waals surface area contributed by atoms with Gasteiger partial charge in [-0.15, -0.1) is 0 Å². The Morgan fingerprint density at radius 3 is 2.71 bits per heavy atom. The number of nitrogens with zero attached hydrogens (tertiary/aromatic N) is 2. The lowest BCUT2D eigenvalue weighted by atomic mass is 10.3. The maximum absolute atomic E-state index is 12.2. The van der Waals surface area contributed by atoms with Gasteiger partial charge in [0.1, 0.15) is 12.2 Å². The summed E-state index contributed by atoms with van der Waals surface area (Å²) in [6, 6.07) is 0.905. The monoisotopic (exact) mass is 248 g/mol. The number of aromatic nitrogens is 2. The van der Waals surface area contributed by atoms with Crippen molar-refractivity contribution in [3.8, 4) is 0 Å². The molecule has 0 saturated heterocycles. The van der Waals surface area contributed by atoms with Gasteiger partial charge in [0, 0.05) is 6.07 Å². The lowest BCUT2D eigenvalue weighted by Crippen LogP contribution is -2.17. The largest absolute Gasteiger partial charge is 0.476 e. The Bertz CT molecular complexity index is 431. The Kier molecular flexibility index (Phi) is 4.13. The van der Waals surface area contributed by atoms with E-state index in [1.165, 1.54) is 0 Å². The highest BCUT2D eigenvalue weighted by molar-refractivity contribution is 5.92. The van der Waals surface area contributed by atoms with E-state index in [0.29, 0.717) is 4.68 Å². The molecule has 0 aliphatic carbocycles. The molecule has 17 heavy (non-hydrogen) atoms. The molecule has 0 spiro atoms. The number of hydrogen-bond acceptors (Lipinski definition) is 4. The van der Waals surface area contributed by atoms with E-state index in [4.69, 9.17) is 5.11 Å². The van der Waals surface area contributed by atoms with Crippen molar-refractivity contribution in [2.24, 2.45) is 0 Å². The quantitative estimate of drug-likeness (QED) is 0.787. The molecule has 0 fully saturated rings. The zero-order valence-electron chi connectivity index (χ0n) is 8.89. The summed E-state index contributed by atoms with van der Waals surface area (Å²) >= 11 is 0. The first-order valence-electron chi connectivity index (χ1n) is 4.72. The molecule has 0 amide bonds. The van der Waals surface area contributed by atoms with Crippen LogP contribution in [0.5, 0.6) is 0 Å². The molecule has 1 rings (SSSR count). The molecule has 8 heteroatoms. The Morgan fingerprint density at radius 2 is 2.24 bits per heavy atom. The molecule has 0 aromatic carbocycles. The van der Waals surface area contributed by atoms with E-state index in [-0.39, 0.29) is 12.3 Å². The van der Waals surface area contributed by atoms with Crippen LogP contribution in [0, 0.1) is 0 Å². The molecule has 0 bridgehead atoms. The van der Waals surface area contributed by atoms with Crippen LogP contribution in [0.15, 0.2) is 6.07 Å². The summed E-state index contributed by atoms with van der Waals surface area (Å²) in [5.41, 5.74) is -0.779. The molecule has 1 N–H and O–H groups in total. The van der Waals surface area contributed by atoms with Crippen LogP contribution in [0.3, 0.4) is 0 Å². The van der Waals surface area contributed by atoms with Crippen LogP contribution in [0.4, 0.5) is 8.78 Å². The Hall–Kier alpha value is -1.99. The average Bonchev–Trinajstić information content (AvgIpc) is 2.61. The van der Waals surface area contributed by atoms with Gasteiger partial charge in [-0.05, 0) is 6.92 Å². The Balaban J connectivity index is 3.07. The summed E-state index contributed by atoms with van der Waals surface area (Å²) in [6.07, 6.45) is -2.75. The van der Waals surface area contributed by atoms with Gasteiger partial charge in [0.2, 0.25) is 0 Å². The van der Waals surface area contributed by atoms with E-state index >= 15 is 0 Å². The van der Waals surface area contributed by atoms with Crippen molar-refractivity contribution in [2.45, 2.75) is 19.9 Å². The number of halogens is 2. The maximum Gasteiger partial charge on any atom is 0.356 e. The lowest BCUT2D eigenvalue weighted by Gasteiger charge is -2.05. The molecule has 94 valence electrons. The van der Waals surface area contributed by atoms with Crippen molar-refractivity contribution in [3.63, 3.8) is 0 Å².